The van der Waals surface area contributed by atoms with Gasteiger partial charge in [-0.3, -0.25) is 0 Å². The molecule has 0 saturated carbocycles. The van der Waals surface area contributed by atoms with Crippen molar-refractivity contribution in [3.8, 4) is 0 Å². The average molecular weight is 276 g/mol. The molecule has 1 fully saturated rings. The first-order valence-electron chi connectivity index (χ1n) is 7.50. The summed E-state index contributed by atoms with van der Waals surface area (Å²) in [7, 11) is 0. The molecule has 1 unspecified atom stereocenters. The van der Waals surface area contributed by atoms with E-state index in [0.717, 1.165) is 0 Å². The summed E-state index contributed by atoms with van der Waals surface area (Å²) in [5.74, 6) is 2.41. The van der Waals surface area contributed by atoms with Crippen molar-refractivity contribution in [1.82, 2.24) is 10.2 Å². The molecule has 0 spiro atoms. The fraction of sp³-hybridized carbons (Fsp3) is 0.625. The highest BCUT2D eigenvalue weighted by atomic mass is 32.2. The van der Waals surface area contributed by atoms with Crippen LogP contribution in [-0.2, 0) is 5.75 Å². The summed E-state index contributed by atoms with van der Waals surface area (Å²) < 4.78 is 0. The Labute approximate surface area is 121 Å². The lowest BCUT2D eigenvalue weighted by molar-refractivity contribution is 0.200. The predicted octanol–water partition coefficient (Wildman–Crippen LogP) is 3.05. The van der Waals surface area contributed by atoms with Gasteiger partial charge in [0.2, 0.25) is 0 Å². The molecule has 1 aromatic carbocycles. The predicted molar refractivity (Wildman–Crippen MR) is 83.6 cm³/mol. The molecule has 104 valence electrons. The number of likely N-dealkylation sites (tertiary alicyclic amines) is 1. The SMILES string of the molecule is CCN1CCC(NC2CSCc3ccccc32)CC1. The maximum atomic E-state index is 3.91. The number of piperidine rings is 1. The van der Waals surface area contributed by atoms with Crippen LogP contribution in [0.3, 0.4) is 0 Å². The molecule has 2 heterocycles. The summed E-state index contributed by atoms with van der Waals surface area (Å²) >= 11 is 2.07. The zero-order valence-electron chi connectivity index (χ0n) is 11.8. The van der Waals surface area contributed by atoms with E-state index in [1.165, 1.54) is 49.5 Å². The second kappa shape index (κ2) is 6.29. The molecule has 1 saturated heterocycles. The van der Waals surface area contributed by atoms with Crippen molar-refractivity contribution in [2.75, 3.05) is 25.4 Å². The molecule has 0 aliphatic carbocycles. The summed E-state index contributed by atoms with van der Waals surface area (Å²) in [5, 5.41) is 3.91. The third-order valence-corrected chi connectivity index (χ3v) is 5.53. The molecule has 3 rings (SSSR count). The molecule has 0 aromatic heterocycles. The van der Waals surface area contributed by atoms with Crippen LogP contribution in [0.5, 0.6) is 0 Å². The van der Waals surface area contributed by atoms with E-state index in [1.807, 2.05) is 0 Å². The number of hydrogen-bond donors (Lipinski definition) is 1. The highest BCUT2D eigenvalue weighted by Gasteiger charge is 2.25. The smallest absolute Gasteiger partial charge is 0.0417 e. The van der Waals surface area contributed by atoms with Crippen LogP contribution in [-0.4, -0.2) is 36.3 Å². The van der Waals surface area contributed by atoms with Crippen LogP contribution in [0.4, 0.5) is 0 Å². The Bertz CT molecular complexity index is 413. The van der Waals surface area contributed by atoms with E-state index >= 15 is 0 Å². The van der Waals surface area contributed by atoms with Crippen molar-refractivity contribution in [3.63, 3.8) is 0 Å². The second-order valence-corrected chi connectivity index (χ2v) is 6.67. The maximum Gasteiger partial charge on any atom is 0.0417 e. The Balaban J connectivity index is 1.62. The number of rotatable bonds is 3. The van der Waals surface area contributed by atoms with Gasteiger partial charge in [-0.1, -0.05) is 31.2 Å². The van der Waals surface area contributed by atoms with Crippen molar-refractivity contribution in [2.45, 2.75) is 37.6 Å². The average Bonchev–Trinajstić information content (AvgIpc) is 2.48. The number of thioether (sulfide) groups is 1. The van der Waals surface area contributed by atoms with Crippen LogP contribution in [0.1, 0.15) is 36.9 Å². The first-order valence-corrected chi connectivity index (χ1v) is 8.66. The van der Waals surface area contributed by atoms with E-state index in [1.54, 1.807) is 5.56 Å². The Morgan fingerprint density at radius 3 is 2.84 bits per heavy atom. The van der Waals surface area contributed by atoms with Gasteiger partial charge >= 0.3 is 0 Å². The van der Waals surface area contributed by atoms with Crippen LogP contribution < -0.4 is 5.32 Å². The van der Waals surface area contributed by atoms with E-state index in [0.29, 0.717) is 12.1 Å². The molecule has 1 N–H and O–H groups in total. The minimum atomic E-state index is 0.563. The van der Waals surface area contributed by atoms with Crippen LogP contribution in [0, 0.1) is 0 Å². The van der Waals surface area contributed by atoms with Crippen LogP contribution in [0.25, 0.3) is 0 Å². The van der Waals surface area contributed by atoms with Gasteiger partial charge in [0.25, 0.3) is 0 Å². The molecule has 1 aromatic rings. The molecule has 2 aliphatic heterocycles. The summed E-state index contributed by atoms with van der Waals surface area (Å²) in [6.45, 7) is 5.99. The lowest BCUT2D eigenvalue weighted by Gasteiger charge is -2.35. The van der Waals surface area contributed by atoms with E-state index in [9.17, 15) is 0 Å². The molecule has 2 aliphatic rings. The first kappa shape index (κ1) is 13.5. The molecule has 19 heavy (non-hydrogen) atoms. The normalized spacial score (nSPS) is 25.2. The molecule has 3 heteroatoms. The van der Waals surface area contributed by atoms with Gasteiger partial charge in [0.1, 0.15) is 0 Å². The molecule has 0 bridgehead atoms. The third-order valence-electron chi connectivity index (χ3n) is 4.44. The van der Waals surface area contributed by atoms with Gasteiger partial charge in [-0.25, -0.2) is 0 Å². The minimum Gasteiger partial charge on any atom is -0.306 e. The standard InChI is InChI=1S/C16H24N2S/c1-2-18-9-7-14(8-10-18)17-16-12-19-11-13-5-3-4-6-15(13)16/h3-6,14,16-17H,2,7-12H2,1H3. The van der Waals surface area contributed by atoms with Gasteiger partial charge in [0, 0.05) is 23.6 Å². The van der Waals surface area contributed by atoms with Crippen molar-refractivity contribution in [3.05, 3.63) is 35.4 Å². The molecule has 0 amide bonds. The van der Waals surface area contributed by atoms with Gasteiger partial charge in [-0.15, -0.1) is 0 Å². The van der Waals surface area contributed by atoms with Crippen molar-refractivity contribution >= 4 is 11.8 Å². The van der Waals surface area contributed by atoms with Gasteiger partial charge in [0.05, 0.1) is 0 Å². The summed E-state index contributed by atoms with van der Waals surface area (Å²) in [6.07, 6.45) is 2.61. The number of hydrogen-bond acceptors (Lipinski definition) is 3. The Morgan fingerprint density at radius 2 is 2.05 bits per heavy atom. The summed E-state index contributed by atoms with van der Waals surface area (Å²) in [5.41, 5.74) is 3.07. The highest BCUT2D eigenvalue weighted by molar-refractivity contribution is 7.98. The second-order valence-electron chi connectivity index (χ2n) is 5.64. The molecular weight excluding hydrogens is 252 g/mol. The fourth-order valence-corrected chi connectivity index (χ4v) is 4.33. The van der Waals surface area contributed by atoms with Gasteiger partial charge in [-0.05, 0) is 43.6 Å². The lowest BCUT2D eigenvalue weighted by atomic mass is 9.98. The third kappa shape index (κ3) is 3.15. The quantitative estimate of drug-likeness (QED) is 0.913. The highest BCUT2D eigenvalue weighted by Crippen LogP contribution is 2.32. The summed E-state index contributed by atoms with van der Waals surface area (Å²) in [4.78, 5) is 2.56. The first-order chi connectivity index (χ1) is 9.36. The Morgan fingerprint density at radius 1 is 1.26 bits per heavy atom. The number of nitrogens with zero attached hydrogens (tertiary/aromatic N) is 1. The zero-order valence-corrected chi connectivity index (χ0v) is 12.6. The number of nitrogens with one attached hydrogen (secondary N) is 1. The van der Waals surface area contributed by atoms with E-state index < -0.39 is 0 Å². The number of fused-ring (bicyclic) bond motifs is 1. The van der Waals surface area contributed by atoms with Crippen molar-refractivity contribution in [2.24, 2.45) is 0 Å². The van der Waals surface area contributed by atoms with Crippen LogP contribution in [0.2, 0.25) is 0 Å². The number of benzene rings is 1. The Hall–Kier alpha value is -0.510. The van der Waals surface area contributed by atoms with E-state index in [2.05, 4.69) is 53.2 Å². The maximum absolute atomic E-state index is 3.91. The van der Waals surface area contributed by atoms with Crippen molar-refractivity contribution in [1.29, 1.82) is 0 Å². The molecule has 2 nitrogen and oxygen atoms in total. The van der Waals surface area contributed by atoms with E-state index in [4.69, 9.17) is 0 Å². The van der Waals surface area contributed by atoms with E-state index in [-0.39, 0.29) is 0 Å². The monoisotopic (exact) mass is 276 g/mol. The molecule has 0 radical (unpaired) electrons. The van der Waals surface area contributed by atoms with Gasteiger partial charge in [-0.2, -0.15) is 11.8 Å². The van der Waals surface area contributed by atoms with Crippen LogP contribution >= 0.6 is 11.8 Å². The largest absolute Gasteiger partial charge is 0.306 e. The van der Waals surface area contributed by atoms with Gasteiger partial charge < -0.3 is 10.2 Å². The molecular formula is C16H24N2S. The van der Waals surface area contributed by atoms with Crippen LogP contribution in [0.15, 0.2) is 24.3 Å². The summed E-state index contributed by atoms with van der Waals surface area (Å²) in [6, 6.07) is 10.2. The van der Waals surface area contributed by atoms with Gasteiger partial charge in [0.15, 0.2) is 0 Å². The fourth-order valence-electron chi connectivity index (χ4n) is 3.22. The van der Waals surface area contributed by atoms with Crippen molar-refractivity contribution < 1.29 is 0 Å². The minimum absolute atomic E-state index is 0.563. The topological polar surface area (TPSA) is 15.3 Å². The zero-order chi connectivity index (χ0) is 13.1. The Kier molecular flexibility index (Phi) is 4.46. The lowest BCUT2D eigenvalue weighted by Crippen LogP contribution is -2.44. The molecule has 1 atom stereocenters.